The molecule has 1 fully saturated rings. The van der Waals surface area contributed by atoms with E-state index in [4.69, 9.17) is 4.74 Å². The summed E-state index contributed by atoms with van der Waals surface area (Å²) in [4.78, 5) is 2.17. The summed E-state index contributed by atoms with van der Waals surface area (Å²) in [7, 11) is 0. The highest BCUT2D eigenvalue weighted by Gasteiger charge is 2.34. The Balaban J connectivity index is 1.37. The Hall–Kier alpha value is -1.95. The first-order chi connectivity index (χ1) is 12.5. The van der Waals surface area contributed by atoms with E-state index in [0.717, 1.165) is 28.9 Å². The van der Waals surface area contributed by atoms with Gasteiger partial charge in [-0.25, -0.2) is 4.39 Å². The molecule has 2 aromatic carbocycles. The van der Waals surface area contributed by atoms with Gasteiger partial charge in [0.15, 0.2) is 0 Å². The van der Waals surface area contributed by atoms with Crippen LogP contribution in [0, 0.1) is 5.82 Å². The molecule has 2 heterocycles. The van der Waals surface area contributed by atoms with E-state index in [1.54, 1.807) is 12.1 Å². The molecule has 5 heteroatoms. The first-order valence-electron chi connectivity index (χ1n) is 9.18. The summed E-state index contributed by atoms with van der Waals surface area (Å²) in [5, 5.41) is 21.5. The molecule has 1 unspecified atom stereocenters. The summed E-state index contributed by atoms with van der Waals surface area (Å²) < 4.78 is 18.6. The third-order valence-electron chi connectivity index (χ3n) is 5.59. The van der Waals surface area contributed by atoms with Gasteiger partial charge in [0.25, 0.3) is 0 Å². The van der Waals surface area contributed by atoms with Crippen LogP contribution in [0.4, 0.5) is 4.39 Å². The fourth-order valence-electron chi connectivity index (χ4n) is 3.92. The quantitative estimate of drug-likeness (QED) is 0.884. The highest BCUT2D eigenvalue weighted by Crippen LogP contribution is 2.34. The van der Waals surface area contributed by atoms with Crippen molar-refractivity contribution in [2.75, 3.05) is 26.2 Å². The van der Waals surface area contributed by atoms with Gasteiger partial charge in [0.2, 0.25) is 0 Å². The maximum Gasteiger partial charge on any atom is 0.123 e. The zero-order valence-corrected chi connectivity index (χ0v) is 14.7. The molecular formula is C21H24FNO3. The van der Waals surface area contributed by atoms with Gasteiger partial charge in [-0.3, -0.25) is 0 Å². The fourth-order valence-corrected chi connectivity index (χ4v) is 3.92. The fraction of sp³-hybridized carbons (Fsp3) is 0.429. The van der Waals surface area contributed by atoms with Crippen molar-refractivity contribution >= 4 is 0 Å². The van der Waals surface area contributed by atoms with Crippen LogP contribution in [0.2, 0.25) is 0 Å². The predicted molar refractivity (Wildman–Crippen MR) is 96.6 cm³/mol. The van der Waals surface area contributed by atoms with E-state index in [1.165, 1.54) is 12.1 Å². The molecule has 2 N–H and O–H groups in total. The number of hydrogen-bond acceptors (Lipinski definition) is 4. The molecule has 4 rings (SSSR count). The minimum atomic E-state index is -0.917. The van der Waals surface area contributed by atoms with Crippen molar-refractivity contribution in [2.45, 2.75) is 31.0 Å². The molecule has 2 aromatic rings. The van der Waals surface area contributed by atoms with Crippen LogP contribution in [0.25, 0.3) is 0 Å². The lowest BCUT2D eigenvalue weighted by molar-refractivity contribution is -0.0345. The molecule has 0 bridgehead atoms. The number of likely N-dealkylation sites (tertiary alicyclic amines) is 1. The van der Waals surface area contributed by atoms with Crippen molar-refractivity contribution in [3.05, 3.63) is 65.0 Å². The van der Waals surface area contributed by atoms with Crippen LogP contribution in [-0.4, -0.2) is 41.4 Å². The van der Waals surface area contributed by atoms with Crippen LogP contribution < -0.4 is 4.74 Å². The minimum absolute atomic E-state index is 0.294. The molecule has 4 nitrogen and oxygen atoms in total. The Morgan fingerprint density at radius 2 is 1.85 bits per heavy atom. The van der Waals surface area contributed by atoms with E-state index in [1.807, 2.05) is 18.2 Å². The number of β-amino-alcohol motifs (C(OH)–C–C–N with tert-alkyl or cyclic N) is 1. The molecular weight excluding hydrogens is 333 g/mol. The summed E-state index contributed by atoms with van der Waals surface area (Å²) in [5.74, 6) is 0.626. The van der Waals surface area contributed by atoms with Crippen LogP contribution in [0.1, 0.15) is 35.6 Å². The number of aliphatic hydroxyl groups excluding tert-OH is 1. The van der Waals surface area contributed by atoms with Gasteiger partial charge >= 0.3 is 0 Å². The molecule has 138 valence electrons. The minimum Gasteiger partial charge on any atom is -0.493 e. The van der Waals surface area contributed by atoms with Gasteiger partial charge in [-0.2, -0.15) is 0 Å². The van der Waals surface area contributed by atoms with Crippen LogP contribution in [0.5, 0.6) is 5.75 Å². The molecule has 0 radical (unpaired) electrons. The van der Waals surface area contributed by atoms with Gasteiger partial charge in [-0.1, -0.05) is 18.2 Å². The van der Waals surface area contributed by atoms with E-state index in [0.29, 0.717) is 39.1 Å². The molecule has 0 amide bonds. The number of fused-ring (bicyclic) bond motifs is 1. The predicted octanol–water partition coefficient (Wildman–Crippen LogP) is 2.78. The summed E-state index contributed by atoms with van der Waals surface area (Å²) in [6, 6.07) is 12.0. The van der Waals surface area contributed by atoms with Crippen LogP contribution in [-0.2, 0) is 12.0 Å². The number of aliphatic hydroxyl groups is 2. The Morgan fingerprint density at radius 1 is 1.12 bits per heavy atom. The van der Waals surface area contributed by atoms with Crippen molar-refractivity contribution < 1.29 is 19.3 Å². The van der Waals surface area contributed by atoms with Crippen molar-refractivity contribution in [1.29, 1.82) is 0 Å². The van der Waals surface area contributed by atoms with E-state index in [2.05, 4.69) is 4.90 Å². The summed E-state index contributed by atoms with van der Waals surface area (Å²) in [6.45, 7) is 2.64. The third kappa shape index (κ3) is 3.47. The lowest BCUT2D eigenvalue weighted by Crippen LogP contribution is -2.43. The van der Waals surface area contributed by atoms with Gasteiger partial charge in [-0.15, -0.1) is 0 Å². The van der Waals surface area contributed by atoms with E-state index in [-0.39, 0.29) is 5.82 Å². The van der Waals surface area contributed by atoms with Crippen molar-refractivity contribution in [1.82, 2.24) is 4.90 Å². The van der Waals surface area contributed by atoms with Crippen molar-refractivity contribution in [3.8, 4) is 5.75 Å². The van der Waals surface area contributed by atoms with Crippen molar-refractivity contribution in [3.63, 3.8) is 0 Å². The molecule has 1 atom stereocenters. The molecule has 0 spiro atoms. The number of hydrogen-bond donors (Lipinski definition) is 2. The Kier molecular flexibility index (Phi) is 4.69. The lowest BCUT2D eigenvalue weighted by Gasteiger charge is -2.39. The van der Waals surface area contributed by atoms with Crippen molar-refractivity contribution in [2.24, 2.45) is 0 Å². The smallest absolute Gasteiger partial charge is 0.123 e. The van der Waals surface area contributed by atoms with Gasteiger partial charge in [-0.05, 0) is 53.8 Å². The molecule has 26 heavy (non-hydrogen) atoms. The zero-order chi connectivity index (χ0) is 18.1. The molecule has 2 aliphatic rings. The maximum absolute atomic E-state index is 13.1. The second-order valence-corrected chi connectivity index (χ2v) is 7.32. The second kappa shape index (κ2) is 6.99. The van der Waals surface area contributed by atoms with E-state index in [9.17, 15) is 14.6 Å². The number of nitrogens with zero attached hydrogens (tertiary/aromatic N) is 1. The Bertz CT molecular complexity index is 769. The monoisotopic (exact) mass is 357 g/mol. The molecule has 2 aliphatic heterocycles. The highest BCUT2D eigenvalue weighted by atomic mass is 19.1. The Morgan fingerprint density at radius 3 is 2.58 bits per heavy atom. The normalized spacial score (nSPS) is 20.4. The SMILES string of the molecule is OC(CN1CCC(O)(c2ccc(F)cc2)CC1)c1ccc2c(c1)CCO2. The van der Waals surface area contributed by atoms with Gasteiger partial charge < -0.3 is 19.8 Å². The zero-order valence-electron chi connectivity index (χ0n) is 14.7. The topological polar surface area (TPSA) is 52.9 Å². The summed E-state index contributed by atoms with van der Waals surface area (Å²) in [6.07, 6.45) is 1.48. The van der Waals surface area contributed by atoms with Crippen LogP contribution in [0.3, 0.4) is 0 Å². The molecule has 1 saturated heterocycles. The summed E-state index contributed by atoms with van der Waals surface area (Å²) >= 11 is 0. The van der Waals surface area contributed by atoms with Gasteiger partial charge in [0.1, 0.15) is 11.6 Å². The first kappa shape index (κ1) is 17.5. The van der Waals surface area contributed by atoms with E-state index >= 15 is 0 Å². The van der Waals surface area contributed by atoms with E-state index < -0.39 is 11.7 Å². The molecule has 0 aliphatic carbocycles. The standard InChI is InChI=1S/C21H24FNO3/c22-18-4-2-17(3-5-18)21(25)8-10-23(11-9-21)14-19(24)15-1-6-20-16(13-15)7-12-26-20/h1-6,13,19,24-25H,7-12,14H2. The lowest BCUT2D eigenvalue weighted by atomic mass is 9.84. The molecule has 0 aromatic heterocycles. The highest BCUT2D eigenvalue weighted by molar-refractivity contribution is 5.40. The first-order valence-corrected chi connectivity index (χ1v) is 9.18. The van der Waals surface area contributed by atoms with Crippen LogP contribution in [0.15, 0.2) is 42.5 Å². The number of halogens is 1. The molecule has 0 saturated carbocycles. The Labute approximate surface area is 152 Å². The number of benzene rings is 2. The van der Waals surface area contributed by atoms with Gasteiger partial charge in [0.05, 0.1) is 18.3 Å². The largest absolute Gasteiger partial charge is 0.493 e. The summed E-state index contributed by atoms with van der Waals surface area (Å²) in [5.41, 5.74) is 1.91. The van der Waals surface area contributed by atoms with Gasteiger partial charge in [0, 0.05) is 26.1 Å². The maximum atomic E-state index is 13.1. The van der Waals surface area contributed by atoms with Crippen LogP contribution >= 0.6 is 0 Å². The number of piperidine rings is 1. The number of rotatable bonds is 4. The number of ether oxygens (including phenoxy) is 1. The third-order valence-corrected chi connectivity index (χ3v) is 5.59. The second-order valence-electron chi connectivity index (χ2n) is 7.32. The average Bonchev–Trinajstić information content (AvgIpc) is 3.12. The average molecular weight is 357 g/mol.